The van der Waals surface area contributed by atoms with E-state index in [9.17, 15) is 26.7 Å². The lowest BCUT2D eigenvalue weighted by Gasteiger charge is -2.20. The first-order chi connectivity index (χ1) is 15.4. The third kappa shape index (κ3) is 6.23. The topological polar surface area (TPSA) is 42.0 Å². The summed E-state index contributed by atoms with van der Waals surface area (Å²) in [5.74, 6) is -4.12. The number of nitrogens with zero attached hydrogens (tertiary/aromatic N) is 1. The fraction of sp³-hybridized carbons (Fsp3) is 0.217. The molecule has 3 aromatic rings. The van der Waals surface area contributed by atoms with E-state index in [-0.39, 0.29) is 21.2 Å². The average Bonchev–Trinajstić information content (AvgIpc) is 2.73. The molecule has 0 aliphatic carbocycles. The summed E-state index contributed by atoms with van der Waals surface area (Å²) in [5.41, 5.74) is 0.219. The number of halogens is 6. The lowest BCUT2D eigenvalue weighted by molar-refractivity contribution is -0.137. The van der Waals surface area contributed by atoms with Crippen LogP contribution in [0.1, 0.15) is 32.6 Å². The van der Waals surface area contributed by atoms with E-state index in [1.54, 1.807) is 26.0 Å². The van der Waals surface area contributed by atoms with Gasteiger partial charge in [-0.25, -0.2) is 4.98 Å². The van der Waals surface area contributed by atoms with Crippen LogP contribution in [0.2, 0.25) is 5.15 Å². The van der Waals surface area contributed by atoms with E-state index in [1.165, 1.54) is 30.5 Å². The molecule has 10 heteroatoms. The van der Waals surface area contributed by atoms with Gasteiger partial charge in [0, 0.05) is 21.6 Å². The van der Waals surface area contributed by atoms with Crippen molar-refractivity contribution in [2.75, 3.05) is 6.54 Å². The molecule has 0 spiro atoms. The zero-order valence-corrected chi connectivity index (χ0v) is 19.0. The molecule has 3 rings (SSSR count). The highest BCUT2D eigenvalue weighted by Crippen LogP contribution is 2.35. The molecule has 0 saturated heterocycles. The number of rotatable bonds is 6. The van der Waals surface area contributed by atoms with E-state index in [1.807, 2.05) is 0 Å². The van der Waals surface area contributed by atoms with Gasteiger partial charge in [-0.3, -0.25) is 4.79 Å². The summed E-state index contributed by atoms with van der Waals surface area (Å²) in [6.07, 6.45) is -3.21. The van der Waals surface area contributed by atoms with Crippen molar-refractivity contribution >= 4 is 29.3 Å². The van der Waals surface area contributed by atoms with Gasteiger partial charge in [-0.2, -0.15) is 22.0 Å². The minimum Gasteiger partial charge on any atom is -0.346 e. The van der Waals surface area contributed by atoms with Crippen LogP contribution < -0.4 is 5.32 Å². The van der Waals surface area contributed by atoms with Gasteiger partial charge in [0.1, 0.15) is 5.15 Å². The van der Waals surface area contributed by atoms with Crippen LogP contribution in [0.4, 0.5) is 22.0 Å². The molecule has 174 valence electrons. The summed E-state index contributed by atoms with van der Waals surface area (Å²) in [6.45, 7) is 2.42. The van der Waals surface area contributed by atoms with Gasteiger partial charge in [-0.15, -0.1) is 0 Å². The second-order valence-electron chi connectivity index (χ2n) is 7.33. The fourth-order valence-electron chi connectivity index (χ4n) is 3.12. The molecule has 0 unspecified atom stereocenters. The van der Waals surface area contributed by atoms with Gasteiger partial charge in [0.05, 0.1) is 17.7 Å². The van der Waals surface area contributed by atoms with Gasteiger partial charge < -0.3 is 5.32 Å². The maximum absolute atomic E-state index is 14.7. The number of benzene rings is 2. The molecule has 33 heavy (non-hydrogen) atoms. The predicted octanol–water partition coefficient (Wildman–Crippen LogP) is 7.04. The van der Waals surface area contributed by atoms with Crippen LogP contribution in [0.5, 0.6) is 0 Å². The van der Waals surface area contributed by atoms with Crippen molar-refractivity contribution in [2.24, 2.45) is 0 Å². The summed E-state index contributed by atoms with van der Waals surface area (Å²) in [6, 6.07) is 10.1. The average molecular weight is 501 g/mol. The van der Waals surface area contributed by atoms with Crippen molar-refractivity contribution in [1.29, 1.82) is 0 Å². The Kier molecular flexibility index (Phi) is 7.33. The molecule has 0 atom stereocenters. The zero-order valence-electron chi connectivity index (χ0n) is 17.4. The lowest BCUT2D eigenvalue weighted by Crippen LogP contribution is -2.35. The fourth-order valence-corrected chi connectivity index (χ4v) is 4.17. The Hall–Kier alpha value is -2.65. The van der Waals surface area contributed by atoms with Crippen LogP contribution in [-0.2, 0) is 12.1 Å². The largest absolute Gasteiger partial charge is 0.416 e. The first kappa shape index (κ1) is 25.0. The molecule has 3 nitrogen and oxygen atoms in total. The van der Waals surface area contributed by atoms with Crippen LogP contribution in [-0.4, -0.2) is 17.4 Å². The standard InChI is InChI=1S/C23H18ClF5N2OS/c1-13-3-8-18(14(2)9-13)22(25,26)12-31-21(32)17-10-20(24)30-11-19(17)33-16-6-4-15(5-7-16)23(27,28)29/h3-11H,12H2,1-2H3,(H,31,32). The molecular formula is C23H18ClF5N2OS. The van der Waals surface area contributed by atoms with Crippen molar-refractivity contribution in [1.82, 2.24) is 10.3 Å². The number of pyridine rings is 1. The van der Waals surface area contributed by atoms with E-state index < -0.39 is 30.1 Å². The third-order valence-electron chi connectivity index (χ3n) is 4.74. The molecule has 0 fully saturated rings. The minimum absolute atomic E-state index is 0.0173. The Bertz CT molecular complexity index is 1170. The summed E-state index contributed by atoms with van der Waals surface area (Å²) < 4.78 is 67.8. The van der Waals surface area contributed by atoms with Crippen molar-refractivity contribution in [3.8, 4) is 0 Å². The van der Waals surface area contributed by atoms with E-state index in [0.29, 0.717) is 10.5 Å². The Balaban J connectivity index is 1.78. The Morgan fingerprint density at radius 2 is 1.70 bits per heavy atom. The Morgan fingerprint density at radius 1 is 1.03 bits per heavy atom. The monoisotopic (exact) mass is 500 g/mol. The zero-order chi connectivity index (χ0) is 24.4. The van der Waals surface area contributed by atoms with Gasteiger partial charge in [0.2, 0.25) is 0 Å². The summed E-state index contributed by atoms with van der Waals surface area (Å²) in [4.78, 5) is 17.3. The molecule has 1 amide bonds. The first-order valence-electron chi connectivity index (χ1n) is 9.61. The van der Waals surface area contributed by atoms with Crippen molar-refractivity contribution in [3.05, 3.63) is 87.7 Å². The van der Waals surface area contributed by atoms with Gasteiger partial charge in [0.25, 0.3) is 11.8 Å². The second-order valence-corrected chi connectivity index (χ2v) is 8.84. The molecule has 2 aromatic carbocycles. The molecule has 0 saturated carbocycles. The molecule has 0 aliphatic heterocycles. The maximum Gasteiger partial charge on any atom is 0.416 e. The molecule has 0 bridgehead atoms. The highest BCUT2D eigenvalue weighted by molar-refractivity contribution is 7.99. The number of aryl methyl sites for hydroxylation is 2. The summed E-state index contributed by atoms with van der Waals surface area (Å²) in [5, 5.41) is 2.19. The highest BCUT2D eigenvalue weighted by atomic mass is 35.5. The quantitative estimate of drug-likeness (QED) is 0.291. The maximum atomic E-state index is 14.7. The van der Waals surface area contributed by atoms with Crippen molar-refractivity contribution in [2.45, 2.75) is 35.7 Å². The predicted molar refractivity (Wildman–Crippen MR) is 117 cm³/mol. The van der Waals surface area contributed by atoms with Gasteiger partial charge in [-0.05, 0) is 49.7 Å². The molecule has 1 heterocycles. The SMILES string of the molecule is Cc1ccc(C(F)(F)CNC(=O)c2cc(Cl)ncc2Sc2ccc(C(F)(F)F)cc2)c(C)c1. The molecule has 0 radical (unpaired) electrons. The number of hydrogen-bond donors (Lipinski definition) is 1. The van der Waals surface area contributed by atoms with Gasteiger partial charge in [0.15, 0.2) is 0 Å². The molecule has 1 N–H and O–H groups in total. The molecular weight excluding hydrogens is 483 g/mol. The van der Waals surface area contributed by atoms with Gasteiger partial charge in [-0.1, -0.05) is 47.1 Å². The lowest BCUT2D eigenvalue weighted by atomic mass is 10.00. The van der Waals surface area contributed by atoms with Crippen molar-refractivity contribution < 1.29 is 26.7 Å². The number of alkyl halides is 5. The van der Waals surface area contributed by atoms with Crippen LogP contribution in [0.25, 0.3) is 0 Å². The Morgan fingerprint density at radius 3 is 2.30 bits per heavy atom. The number of amides is 1. The smallest absolute Gasteiger partial charge is 0.346 e. The van der Waals surface area contributed by atoms with E-state index in [4.69, 9.17) is 11.6 Å². The van der Waals surface area contributed by atoms with Crippen LogP contribution >= 0.6 is 23.4 Å². The number of aromatic nitrogens is 1. The second kappa shape index (κ2) is 9.69. The van der Waals surface area contributed by atoms with Crippen LogP contribution in [0.15, 0.2) is 64.5 Å². The summed E-state index contributed by atoms with van der Waals surface area (Å²) in [7, 11) is 0. The van der Waals surface area contributed by atoms with E-state index >= 15 is 0 Å². The van der Waals surface area contributed by atoms with Crippen LogP contribution in [0.3, 0.4) is 0 Å². The van der Waals surface area contributed by atoms with Gasteiger partial charge >= 0.3 is 6.18 Å². The highest BCUT2D eigenvalue weighted by Gasteiger charge is 2.34. The van der Waals surface area contributed by atoms with Crippen molar-refractivity contribution in [3.63, 3.8) is 0 Å². The Labute approximate surface area is 196 Å². The normalized spacial score (nSPS) is 12.0. The first-order valence-corrected chi connectivity index (χ1v) is 10.8. The van der Waals surface area contributed by atoms with E-state index in [0.717, 1.165) is 29.5 Å². The number of hydrogen-bond acceptors (Lipinski definition) is 3. The number of carbonyl (C=O) groups is 1. The van der Waals surface area contributed by atoms with E-state index in [2.05, 4.69) is 10.3 Å². The van der Waals surface area contributed by atoms with Crippen LogP contribution in [0, 0.1) is 13.8 Å². The minimum atomic E-state index is -4.48. The number of carbonyl (C=O) groups excluding carboxylic acids is 1. The molecule has 1 aromatic heterocycles. The summed E-state index contributed by atoms with van der Waals surface area (Å²) >= 11 is 6.85. The molecule has 0 aliphatic rings. The number of nitrogens with one attached hydrogen (secondary N) is 1. The third-order valence-corrected chi connectivity index (χ3v) is 5.99.